The maximum absolute atomic E-state index is 12.2. The first kappa shape index (κ1) is 14.0. The van der Waals surface area contributed by atoms with Crippen molar-refractivity contribution in [2.75, 3.05) is 0 Å². The molecule has 20 heavy (non-hydrogen) atoms. The Morgan fingerprint density at radius 2 is 2.10 bits per heavy atom. The van der Waals surface area contributed by atoms with E-state index >= 15 is 0 Å². The number of halogens is 2. The van der Waals surface area contributed by atoms with Gasteiger partial charge in [0.25, 0.3) is 0 Å². The van der Waals surface area contributed by atoms with Gasteiger partial charge in [0.1, 0.15) is 11.0 Å². The minimum atomic E-state index is -0.228. The van der Waals surface area contributed by atoms with Gasteiger partial charge in [-0.15, -0.1) is 11.8 Å². The van der Waals surface area contributed by atoms with E-state index in [2.05, 4.69) is 15.9 Å². The summed E-state index contributed by atoms with van der Waals surface area (Å²) in [6.07, 6.45) is 0.713. The van der Waals surface area contributed by atoms with Crippen LogP contribution in [0.15, 0.2) is 51.8 Å². The highest BCUT2D eigenvalue weighted by Gasteiger charge is 2.29. The van der Waals surface area contributed by atoms with E-state index in [1.54, 1.807) is 30.0 Å². The maximum atomic E-state index is 12.2. The van der Waals surface area contributed by atoms with Gasteiger partial charge in [0.15, 0.2) is 0 Å². The molecule has 0 spiro atoms. The molecule has 0 bridgehead atoms. The molecule has 5 heteroatoms. The molecule has 0 amide bonds. The molecular formula is C15H10BrClO2S. The topological polar surface area (TPSA) is 26.3 Å². The molecule has 2 aromatic carbocycles. The molecule has 1 unspecified atom stereocenters. The fraction of sp³-hybridized carbons (Fsp3) is 0.133. The molecule has 0 saturated heterocycles. The number of hydrogen-bond donors (Lipinski definition) is 0. The number of carbonyl (C=O) groups is 1. The van der Waals surface area contributed by atoms with Crippen LogP contribution >= 0.6 is 39.3 Å². The summed E-state index contributed by atoms with van der Waals surface area (Å²) in [6.45, 7) is 0. The molecule has 2 aromatic rings. The molecular weight excluding hydrogens is 360 g/mol. The minimum absolute atomic E-state index is 0.185. The lowest BCUT2D eigenvalue weighted by Gasteiger charge is -2.10. The zero-order chi connectivity index (χ0) is 14.1. The molecule has 1 aliphatic heterocycles. The first-order valence-electron chi connectivity index (χ1n) is 6.05. The van der Waals surface area contributed by atoms with Crippen LogP contribution in [-0.2, 0) is 11.2 Å². The third kappa shape index (κ3) is 2.87. The number of esters is 1. The van der Waals surface area contributed by atoms with E-state index in [1.165, 1.54) is 5.56 Å². The van der Waals surface area contributed by atoms with Gasteiger partial charge in [0.2, 0.25) is 0 Å². The van der Waals surface area contributed by atoms with Crippen molar-refractivity contribution in [2.45, 2.75) is 16.6 Å². The Kier molecular flexibility index (Phi) is 4.06. The number of carbonyl (C=O) groups excluding carboxylic acids is 1. The lowest BCUT2D eigenvalue weighted by Crippen LogP contribution is -2.22. The highest BCUT2D eigenvalue weighted by atomic mass is 79.9. The SMILES string of the molecule is O=C(Oc1ccc(Cl)cc1Br)C1Cc2ccccc2S1. The van der Waals surface area contributed by atoms with E-state index in [1.807, 2.05) is 24.3 Å². The minimum Gasteiger partial charge on any atom is -0.424 e. The summed E-state index contributed by atoms with van der Waals surface area (Å²) in [6, 6.07) is 13.2. The molecule has 0 N–H and O–H groups in total. The van der Waals surface area contributed by atoms with E-state index in [4.69, 9.17) is 16.3 Å². The summed E-state index contributed by atoms with van der Waals surface area (Å²) >= 11 is 10.8. The van der Waals surface area contributed by atoms with Crippen LogP contribution in [0.4, 0.5) is 0 Å². The number of fused-ring (bicyclic) bond motifs is 1. The first-order valence-corrected chi connectivity index (χ1v) is 8.10. The van der Waals surface area contributed by atoms with Crippen LogP contribution in [-0.4, -0.2) is 11.2 Å². The van der Waals surface area contributed by atoms with Crippen molar-refractivity contribution >= 4 is 45.3 Å². The summed E-state index contributed by atoms with van der Waals surface area (Å²) < 4.78 is 6.13. The second kappa shape index (κ2) is 5.80. The summed E-state index contributed by atoms with van der Waals surface area (Å²) in [5.74, 6) is 0.269. The number of rotatable bonds is 2. The van der Waals surface area contributed by atoms with Gasteiger partial charge in [-0.2, -0.15) is 0 Å². The summed E-state index contributed by atoms with van der Waals surface area (Å²) in [7, 11) is 0. The van der Waals surface area contributed by atoms with Gasteiger partial charge in [-0.3, -0.25) is 4.79 Å². The number of ether oxygens (including phenoxy) is 1. The van der Waals surface area contributed by atoms with Crippen molar-refractivity contribution in [3.05, 3.63) is 57.5 Å². The molecule has 1 heterocycles. The lowest BCUT2D eigenvalue weighted by molar-refractivity contribution is -0.133. The third-order valence-electron chi connectivity index (χ3n) is 3.01. The van der Waals surface area contributed by atoms with Crippen LogP contribution in [0.3, 0.4) is 0 Å². The average molecular weight is 370 g/mol. The fourth-order valence-electron chi connectivity index (χ4n) is 2.05. The lowest BCUT2D eigenvalue weighted by atomic mass is 10.1. The van der Waals surface area contributed by atoms with Crippen LogP contribution in [0.2, 0.25) is 5.02 Å². The van der Waals surface area contributed by atoms with E-state index < -0.39 is 0 Å². The van der Waals surface area contributed by atoms with Crippen molar-refractivity contribution in [2.24, 2.45) is 0 Å². The monoisotopic (exact) mass is 368 g/mol. The quantitative estimate of drug-likeness (QED) is 0.566. The molecule has 102 valence electrons. The van der Waals surface area contributed by atoms with Gasteiger partial charge >= 0.3 is 5.97 Å². The Hall–Kier alpha value is -0.970. The van der Waals surface area contributed by atoms with Gasteiger partial charge in [0, 0.05) is 9.92 Å². The number of benzene rings is 2. The van der Waals surface area contributed by atoms with Crippen molar-refractivity contribution in [1.82, 2.24) is 0 Å². The molecule has 0 saturated carbocycles. The van der Waals surface area contributed by atoms with Crippen LogP contribution in [0, 0.1) is 0 Å². The molecule has 2 nitrogen and oxygen atoms in total. The Balaban J connectivity index is 1.72. The molecule has 0 aromatic heterocycles. The Bertz CT molecular complexity index is 650. The van der Waals surface area contributed by atoms with Crippen LogP contribution in [0.1, 0.15) is 5.56 Å². The van der Waals surface area contributed by atoms with E-state index in [0.29, 0.717) is 21.7 Å². The fourth-order valence-corrected chi connectivity index (χ4v) is 3.98. The predicted octanol–water partition coefficient (Wildman–Crippen LogP) is 4.72. The van der Waals surface area contributed by atoms with Gasteiger partial charge in [-0.1, -0.05) is 29.8 Å². The van der Waals surface area contributed by atoms with Gasteiger partial charge in [0.05, 0.1) is 4.47 Å². The summed E-state index contributed by atoms with van der Waals surface area (Å²) in [5.41, 5.74) is 1.20. The highest BCUT2D eigenvalue weighted by Crippen LogP contribution is 2.38. The Morgan fingerprint density at radius 3 is 2.85 bits per heavy atom. The Morgan fingerprint density at radius 1 is 1.30 bits per heavy atom. The summed E-state index contributed by atoms with van der Waals surface area (Å²) in [5, 5.41) is 0.411. The smallest absolute Gasteiger partial charge is 0.325 e. The Labute approximate surface area is 134 Å². The zero-order valence-electron chi connectivity index (χ0n) is 10.3. The number of hydrogen-bond acceptors (Lipinski definition) is 3. The van der Waals surface area contributed by atoms with Crippen LogP contribution in [0.25, 0.3) is 0 Å². The standard InChI is InChI=1S/C15H10BrClO2S/c16-11-8-10(17)5-6-12(11)19-15(18)14-7-9-3-1-2-4-13(9)20-14/h1-6,8,14H,7H2. The molecule has 0 fully saturated rings. The van der Waals surface area contributed by atoms with E-state index in [-0.39, 0.29) is 11.2 Å². The molecule has 1 aliphatic rings. The van der Waals surface area contributed by atoms with Crippen LogP contribution in [0.5, 0.6) is 5.75 Å². The second-order valence-corrected chi connectivity index (χ2v) is 6.95. The number of thioether (sulfide) groups is 1. The zero-order valence-corrected chi connectivity index (χ0v) is 13.5. The van der Waals surface area contributed by atoms with E-state index in [0.717, 1.165) is 4.90 Å². The second-order valence-electron chi connectivity index (χ2n) is 4.41. The van der Waals surface area contributed by atoms with Crippen molar-refractivity contribution < 1.29 is 9.53 Å². The first-order chi connectivity index (χ1) is 9.63. The molecule has 0 aliphatic carbocycles. The third-order valence-corrected chi connectivity index (χ3v) is 5.17. The molecule has 0 radical (unpaired) electrons. The van der Waals surface area contributed by atoms with Crippen molar-refractivity contribution in [1.29, 1.82) is 0 Å². The van der Waals surface area contributed by atoms with Crippen molar-refractivity contribution in [3.8, 4) is 5.75 Å². The highest BCUT2D eigenvalue weighted by molar-refractivity contribution is 9.10. The average Bonchev–Trinajstić information content (AvgIpc) is 2.86. The maximum Gasteiger partial charge on any atom is 0.325 e. The van der Waals surface area contributed by atoms with Crippen molar-refractivity contribution in [3.63, 3.8) is 0 Å². The van der Waals surface area contributed by atoms with Gasteiger partial charge in [-0.25, -0.2) is 0 Å². The largest absolute Gasteiger partial charge is 0.424 e. The summed E-state index contributed by atoms with van der Waals surface area (Å²) in [4.78, 5) is 13.4. The van der Waals surface area contributed by atoms with E-state index in [9.17, 15) is 4.79 Å². The normalized spacial score (nSPS) is 16.8. The molecule has 3 rings (SSSR count). The predicted molar refractivity (Wildman–Crippen MR) is 84.6 cm³/mol. The van der Waals surface area contributed by atoms with Gasteiger partial charge in [-0.05, 0) is 52.2 Å². The van der Waals surface area contributed by atoms with Gasteiger partial charge < -0.3 is 4.74 Å². The van der Waals surface area contributed by atoms with Crippen LogP contribution < -0.4 is 4.74 Å². The molecule has 1 atom stereocenters.